The van der Waals surface area contributed by atoms with E-state index in [1.165, 1.54) is 44.1 Å². The lowest BCUT2D eigenvalue weighted by Gasteiger charge is -2.16. The molecule has 2 heteroatoms. The molecule has 0 bridgehead atoms. The monoisotopic (exact) mass is 235 g/mol. The Morgan fingerprint density at radius 1 is 1.18 bits per heavy atom. The Kier molecular flexibility index (Phi) is 4.81. The molecule has 2 aliphatic rings. The van der Waals surface area contributed by atoms with Crippen molar-refractivity contribution in [2.75, 3.05) is 6.54 Å². The molecule has 0 aromatic rings. The Labute approximate surface area is 105 Å². The van der Waals surface area contributed by atoms with Gasteiger partial charge in [-0.3, -0.25) is 0 Å². The van der Waals surface area contributed by atoms with Gasteiger partial charge in [-0.1, -0.05) is 23.3 Å². The van der Waals surface area contributed by atoms with E-state index in [9.17, 15) is 0 Å². The molecule has 0 amide bonds. The predicted molar refractivity (Wildman–Crippen MR) is 71.9 cm³/mol. The summed E-state index contributed by atoms with van der Waals surface area (Å²) >= 11 is 0. The molecule has 0 aromatic heterocycles. The summed E-state index contributed by atoms with van der Waals surface area (Å²) in [5.74, 6) is 0. The molecule has 0 aromatic carbocycles. The fraction of sp³-hybridized carbons (Fsp3) is 0.733. The van der Waals surface area contributed by atoms with Gasteiger partial charge in [0.2, 0.25) is 0 Å². The van der Waals surface area contributed by atoms with Crippen molar-refractivity contribution in [1.82, 2.24) is 0 Å². The van der Waals surface area contributed by atoms with Gasteiger partial charge in [0.25, 0.3) is 0 Å². The lowest BCUT2D eigenvalue weighted by Crippen LogP contribution is -2.15. The number of allylic oxidation sites excluding steroid dienone is 4. The van der Waals surface area contributed by atoms with E-state index >= 15 is 0 Å². The molecule has 0 spiro atoms. The van der Waals surface area contributed by atoms with Gasteiger partial charge in [0.1, 0.15) is 0 Å². The maximum Gasteiger partial charge on any atom is 0.0591 e. The van der Waals surface area contributed by atoms with E-state index in [-0.39, 0.29) is 0 Å². The van der Waals surface area contributed by atoms with Crippen LogP contribution in [0.15, 0.2) is 23.3 Å². The second kappa shape index (κ2) is 6.36. The predicted octanol–water partition coefficient (Wildman–Crippen LogP) is 3.33. The quantitative estimate of drug-likeness (QED) is 0.793. The molecule has 1 fully saturated rings. The minimum absolute atomic E-state index is 0.437. The Morgan fingerprint density at radius 3 is 2.59 bits per heavy atom. The highest BCUT2D eigenvalue weighted by Crippen LogP contribution is 2.28. The summed E-state index contributed by atoms with van der Waals surface area (Å²) in [6.45, 7) is 2.97. The average Bonchev–Trinajstić information content (AvgIpc) is 2.77. The number of nitrogens with two attached hydrogens (primary N) is 1. The molecule has 2 nitrogen and oxygen atoms in total. The van der Waals surface area contributed by atoms with Crippen LogP contribution in [0.25, 0.3) is 0 Å². The molecule has 0 saturated carbocycles. The zero-order valence-corrected chi connectivity index (χ0v) is 11.0. The molecular weight excluding hydrogens is 210 g/mol. The van der Waals surface area contributed by atoms with Crippen molar-refractivity contribution in [2.45, 2.75) is 64.1 Å². The SMILES string of the molecule is CC1=CC=C(CCC2CCC(CCN)O2)CC1. The number of rotatable bonds is 5. The molecule has 2 rings (SSSR count). The second-order valence-electron chi connectivity index (χ2n) is 5.41. The number of hydrogen-bond donors (Lipinski definition) is 1. The Bertz CT molecular complexity index is 306. The van der Waals surface area contributed by atoms with Gasteiger partial charge in [0, 0.05) is 0 Å². The summed E-state index contributed by atoms with van der Waals surface area (Å²) < 4.78 is 5.99. The molecule has 17 heavy (non-hydrogen) atoms. The molecule has 2 N–H and O–H groups in total. The van der Waals surface area contributed by atoms with Crippen LogP contribution in [-0.2, 0) is 4.74 Å². The summed E-state index contributed by atoms with van der Waals surface area (Å²) in [4.78, 5) is 0. The minimum atomic E-state index is 0.437. The largest absolute Gasteiger partial charge is 0.375 e. The van der Waals surface area contributed by atoms with Crippen LogP contribution in [0.3, 0.4) is 0 Å². The second-order valence-corrected chi connectivity index (χ2v) is 5.41. The van der Waals surface area contributed by atoms with Gasteiger partial charge in [0.15, 0.2) is 0 Å². The zero-order valence-electron chi connectivity index (χ0n) is 11.0. The van der Waals surface area contributed by atoms with E-state index in [1.54, 1.807) is 5.57 Å². The third-order valence-corrected chi connectivity index (χ3v) is 3.92. The average molecular weight is 235 g/mol. The van der Waals surface area contributed by atoms with Crippen molar-refractivity contribution in [1.29, 1.82) is 0 Å². The summed E-state index contributed by atoms with van der Waals surface area (Å²) in [6, 6.07) is 0. The van der Waals surface area contributed by atoms with Crippen molar-refractivity contribution >= 4 is 0 Å². The smallest absolute Gasteiger partial charge is 0.0591 e. The molecule has 96 valence electrons. The van der Waals surface area contributed by atoms with Gasteiger partial charge in [0.05, 0.1) is 12.2 Å². The molecule has 1 heterocycles. The molecule has 0 radical (unpaired) electrons. The highest BCUT2D eigenvalue weighted by Gasteiger charge is 2.24. The normalized spacial score (nSPS) is 29.1. The Hall–Kier alpha value is -0.600. The van der Waals surface area contributed by atoms with E-state index < -0.39 is 0 Å². The van der Waals surface area contributed by atoms with Gasteiger partial charge in [-0.2, -0.15) is 0 Å². The maximum absolute atomic E-state index is 5.99. The first kappa shape index (κ1) is 12.8. The summed E-state index contributed by atoms with van der Waals surface area (Å²) in [6.07, 6.45) is 13.9. The van der Waals surface area contributed by atoms with E-state index in [4.69, 9.17) is 10.5 Å². The fourth-order valence-electron chi connectivity index (χ4n) is 2.73. The van der Waals surface area contributed by atoms with Crippen molar-refractivity contribution < 1.29 is 4.74 Å². The number of hydrogen-bond acceptors (Lipinski definition) is 2. The van der Waals surface area contributed by atoms with Crippen LogP contribution in [0.1, 0.15) is 51.9 Å². The van der Waals surface area contributed by atoms with Crippen LogP contribution < -0.4 is 5.73 Å². The Morgan fingerprint density at radius 2 is 1.94 bits per heavy atom. The Balaban J connectivity index is 1.69. The third-order valence-electron chi connectivity index (χ3n) is 3.92. The molecule has 1 aliphatic carbocycles. The zero-order chi connectivity index (χ0) is 12.1. The summed E-state index contributed by atoms with van der Waals surface area (Å²) in [7, 11) is 0. The molecule has 1 aliphatic heterocycles. The van der Waals surface area contributed by atoms with Crippen LogP contribution in [0.2, 0.25) is 0 Å². The lowest BCUT2D eigenvalue weighted by atomic mass is 9.95. The van der Waals surface area contributed by atoms with Crippen LogP contribution in [-0.4, -0.2) is 18.8 Å². The third kappa shape index (κ3) is 3.97. The van der Waals surface area contributed by atoms with Crippen molar-refractivity contribution in [3.05, 3.63) is 23.3 Å². The van der Waals surface area contributed by atoms with E-state index in [0.717, 1.165) is 13.0 Å². The van der Waals surface area contributed by atoms with Gasteiger partial charge in [-0.05, 0) is 58.4 Å². The highest BCUT2D eigenvalue weighted by atomic mass is 16.5. The topological polar surface area (TPSA) is 35.2 Å². The van der Waals surface area contributed by atoms with E-state index in [1.807, 2.05) is 0 Å². The van der Waals surface area contributed by atoms with Crippen molar-refractivity contribution in [2.24, 2.45) is 5.73 Å². The van der Waals surface area contributed by atoms with Gasteiger partial charge >= 0.3 is 0 Å². The fourth-order valence-corrected chi connectivity index (χ4v) is 2.73. The van der Waals surface area contributed by atoms with Crippen LogP contribution >= 0.6 is 0 Å². The molecular formula is C15H25NO. The standard InChI is InChI=1S/C15H25NO/c1-12-2-4-13(5-3-12)6-7-14-8-9-15(17-14)10-11-16/h2,4,14-15H,3,5-11,16H2,1H3. The number of ether oxygens (including phenoxy) is 1. The summed E-state index contributed by atoms with van der Waals surface area (Å²) in [5, 5.41) is 0. The van der Waals surface area contributed by atoms with Crippen LogP contribution in [0.4, 0.5) is 0 Å². The lowest BCUT2D eigenvalue weighted by molar-refractivity contribution is 0.0377. The van der Waals surface area contributed by atoms with Crippen LogP contribution in [0, 0.1) is 0 Å². The van der Waals surface area contributed by atoms with E-state index in [0.29, 0.717) is 12.2 Å². The van der Waals surface area contributed by atoms with Crippen LogP contribution in [0.5, 0.6) is 0 Å². The summed E-state index contributed by atoms with van der Waals surface area (Å²) in [5.41, 5.74) is 8.67. The first-order chi connectivity index (χ1) is 8.28. The minimum Gasteiger partial charge on any atom is -0.375 e. The van der Waals surface area contributed by atoms with Crippen molar-refractivity contribution in [3.63, 3.8) is 0 Å². The van der Waals surface area contributed by atoms with E-state index in [2.05, 4.69) is 19.1 Å². The van der Waals surface area contributed by atoms with Gasteiger partial charge in [-0.25, -0.2) is 0 Å². The molecule has 2 atom stereocenters. The molecule has 1 saturated heterocycles. The first-order valence-corrected chi connectivity index (χ1v) is 6.98. The highest BCUT2D eigenvalue weighted by molar-refractivity contribution is 5.22. The maximum atomic E-state index is 5.99. The van der Waals surface area contributed by atoms with Crippen molar-refractivity contribution in [3.8, 4) is 0 Å². The van der Waals surface area contributed by atoms with Gasteiger partial charge < -0.3 is 10.5 Å². The van der Waals surface area contributed by atoms with Gasteiger partial charge in [-0.15, -0.1) is 0 Å². The first-order valence-electron chi connectivity index (χ1n) is 6.98. The molecule has 2 unspecified atom stereocenters.